The van der Waals surface area contributed by atoms with Crippen LogP contribution >= 0.6 is 11.8 Å². The number of ether oxygens (including phenoxy) is 1. The van der Waals surface area contributed by atoms with Crippen LogP contribution in [0.5, 0.6) is 0 Å². The van der Waals surface area contributed by atoms with Crippen molar-refractivity contribution in [3.63, 3.8) is 0 Å². The third kappa shape index (κ3) is 4.36. The summed E-state index contributed by atoms with van der Waals surface area (Å²) in [5.41, 5.74) is 0.0516. The van der Waals surface area contributed by atoms with Crippen molar-refractivity contribution in [2.75, 3.05) is 19.1 Å². The number of esters is 1. The molecule has 1 amide bonds. The van der Waals surface area contributed by atoms with Crippen LogP contribution < -0.4 is 10.9 Å². The summed E-state index contributed by atoms with van der Waals surface area (Å²) in [5, 5.41) is 10.8. The highest BCUT2D eigenvalue weighted by molar-refractivity contribution is 7.98. The third-order valence-corrected chi connectivity index (χ3v) is 4.39. The van der Waals surface area contributed by atoms with Gasteiger partial charge in [0.1, 0.15) is 17.6 Å². The molecule has 25 heavy (non-hydrogen) atoms. The van der Waals surface area contributed by atoms with Gasteiger partial charge in [-0.3, -0.25) is 9.59 Å². The van der Waals surface area contributed by atoms with Gasteiger partial charge in [-0.15, -0.1) is 5.10 Å². The summed E-state index contributed by atoms with van der Waals surface area (Å²) in [7, 11) is 1.27. The molecule has 8 nitrogen and oxygen atoms in total. The summed E-state index contributed by atoms with van der Waals surface area (Å²) >= 11 is 1.56. The van der Waals surface area contributed by atoms with E-state index < -0.39 is 29.5 Å². The first-order valence-electron chi connectivity index (χ1n) is 7.71. The summed E-state index contributed by atoms with van der Waals surface area (Å²) < 4.78 is 5.73. The first-order valence-corrected chi connectivity index (χ1v) is 9.10. The Labute approximate surface area is 148 Å². The zero-order valence-electron chi connectivity index (χ0n) is 14.3. The monoisotopic (exact) mass is 364 g/mol. The van der Waals surface area contributed by atoms with E-state index in [0.717, 1.165) is 4.68 Å². The largest absolute Gasteiger partial charge is 0.467 e. The van der Waals surface area contributed by atoms with Crippen LogP contribution in [-0.4, -0.2) is 52.0 Å². The van der Waals surface area contributed by atoms with Crippen molar-refractivity contribution in [3.8, 4) is 0 Å². The SMILES string of the molecule is COC(=O)[C@@H](CCSC)NC(=O)[C@H](C)n1nnc2ccccc2c1=O. The van der Waals surface area contributed by atoms with Crippen LogP contribution in [0.2, 0.25) is 0 Å². The average molecular weight is 364 g/mol. The fourth-order valence-corrected chi connectivity index (χ4v) is 2.76. The molecule has 2 aromatic rings. The molecule has 0 spiro atoms. The summed E-state index contributed by atoms with van der Waals surface area (Å²) in [6, 6.07) is 5.10. The number of amides is 1. The molecule has 1 aromatic carbocycles. The van der Waals surface area contributed by atoms with Crippen molar-refractivity contribution in [2.24, 2.45) is 0 Å². The molecule has 1 N–H and O–H groups in total. The van der Waals surface area contributed by atoms with Gasteiger partial charge in [0.15, 0.2) is 0 Å². The molecule has 2 atom stereocenters. The lowest BCUT2D eigenvalue weighted by molar-refractivity contribution is -0.145. The van der Waals surface area contributed by atoms with E-state index in [1.165, 1.54) is 14.0 Å². The zero-order valence-corrected chi connectivity index (χ0v) is 15.1. The number of hydrogen-bond donors (Lipinski definition) is 1. The molecule has 1 heterocycles. The van der Waals surface area contributed by atoms with Gasteiger partial charge in [0.25, 0.3) is 5.56 Å². The van der Waals surface area contributed by atoms with Crippen molar-refractivity contribution in [1.29, 1.82) is 0 Å². The van der Waals surface area contributed by atoms with E-state index >= 15 is 0 Å². The number of methoxy groups -OCH3 is 1. The Morgan fingerprint density at radius 3 is 2.76 bits per heavy atom. The van der Waals surface area contributed by atoms with Crippen molar-refractivity contribution in [1.82, 2.24) is 20.3 Å². The quantitative estimate of drug-likeness (QED) is 0.724. The minimum atomic E-state index is -0.911. The van der Waals surface area contributed by atoms with Gasteiger partial charge in [-0.2, -0.15) is 16.4 Å². The molecule has 0 radical (unpaired) electrons. The van der Waals surface area contributed by atoms with E-state index in [1.54, 1.807) is 36.0 Å². The molecule has 0 unspecified atom stereocenters. The van der Waals surface area contributed by atoms with Crippen LogP contribution in [0.1, 0.15) is 19.4 Å². The first kappa shape index (κ1) is 18.9. The van der Waals surface area contributed by atoms with Crippen LogP contribution in [0.4, 0.5) is 0 Å². The minimum absolute atomic E-state index is 0.379. The molecule has 0 saturated heterocycles. The Hall–Kier alpha value is -2.42. The van der Waals surface area contributed by atoms with E-state index in [1.807, 2.05) is 6.26 Å². The third-order valence-electron chi connectivity index (χ3n) is 3.75. The van der Waals surface area contributed by atoms with Gasteiger partial charge in [-0.25, -0.2) is 4.79 Å². The maximum atomic E-state index is 12.5. The molecule has 0 aliphatic heterocycles. The minimum Gasteiger partial charge on any atom is -0.467 e. The maximum absolute atomic E-state index is 12.5. The molecule has 9 heteroatoms. The lowest BCUT2D eigenvalue weighted by Gasteiger charge is -2.19. The van der Waals surface area contributed by atoms with Crippen LogP contribution in [0.15, 0.2) is 29.1 Å². The molecule has 0 aliphatic carbocycles. The Kier molecular flexibility index (Phi) is 6.51. The molecule has 0 bridgehead atoms. The fraction of sp³-hybridized carbons (Fsp3) is 0.438. The topological polar surface area (TPSA) is 103 Å². The normalized spacial score (nSPS) is 13.2. The summed E-state index contributed by atoms with van der Waals surface area (Å²) in [4.78, 5) is 36.8. The Morgan fingerprint density at radius 2 is 2.08 bits per heavy atom. The zero-order chi connectivity index (χ0) is 18.4. The number of carbonyl (C=O) groups is 2. The smallest absolute Gasteiger partial charge is 0.328 e. The van der Waals surface area contributed by atoms with E-state index in [-0.39, 0.29) is 0 Å². The van der Waals surface area contributed by atoms with Crippen molar-refractivity contribution in [3.05, 3.63) is 34.6 Å². The molecule has 0 saturated carbocycles. The van der Waals surface area contributed by atoms with Crippen molar-refractivity contribution < 1.29 is 14.3 Å². The standard InChI is InChI=1S/C16H20N4O4S/c1-10(14(21)17-13(8-9-25-3)16(23)24-2)20-15(22)11-6-4-5-7-12(11)18-19-20/h4-7,10,13H,8-9H2,1-3H3,(H,17,21)/t10-,13+/m0/s1. The number of hydrogen-bond acceptors (Lipinski definition) is 7. The Balaban J connectivity index is 2.22. The average Bonchev–Trinajstić information content (AvgIpc) is 2.64. The number of nitrogens with one attached hydrogen (secondary N) is 1. The van der Waals surface area contributed by atoms with Crippen molar-refractivity contribution >= 4 is 34.5 Å². The summed E-state index contributed by atoms with van der Waals surface area (Å²) in [6.45, 7) is 1.53. The van der Waals surface area contributed by atoms with Crippen molar-refractivity contribution in [2.45, 2.75) is 25.4 Å². The van der Waals surface area contributed by atoms with Crippen LogP contribution in [-0.2, 0) is 14.3 Å². The number of rotatable bonds is 7. The first-order chi connectivity index (χ1) is 12.0. The molecule has 134 valence electrons. The summed E-state index contributed by atoms with van der Waals surface area (Å²) in [6.07, 6.45) is 2.34. The van der Waals surface area contributed by atoms with E-state index in [0.29, 0.717) is 23.1 Å². The van der Waals surface area contributed by atoms with Gasteiger partial charge in [0.05, 0.1) is 12.5 Å². The molecular weight excluding hydrogens is 344 g/mol. The number of fused-ring (bicyclic) bond motifs is 1. The van der Waals surface area contributed by atoms with Gasteiger partial charge in [-0.1, -0.05) is 17.3 Å². The molecule has 2 rings (SSSR count). The Morgan fingerprint density at radius 1 is 1.36 bits per heavy atom. The van der Waals surface area contributed by atoms with Gasteiger partial charge < -0.3 is 10.1 Å². The van der Waals surface area contributed by atoms with E-state index in [4.69, 9.17) is 4.74 Å². The number of aromatic nitrogens is 3. The number of benzene rings is 1. The fourth-order valence-electron chi connectivity index (χ4n) is 2.29. The van der Waals surface area contributed by atoms with E-state index in [2.05, 4.69) is 15.6 Å². The maximum Gasteiger partial charge on any atom is 0.328 e. The van der Waals surface area contributed by atoms with E-state index in [9.17, 15) is 14.4 Å². The van der Waals surface area contributed by atoms with Crippen LogP contribution in [0, 0.1) is 0 Å². The highest BCUT2D eigenvalue weighted by Crippen LogP contribution is 2.08. The molecule has 0 fully saturated rings. The molecule has 0 aliphatic rings. The highest BCUT2D eigenvalue weighted by Gasteiger charge is 2.26. The lowest BCUT2D eigenvalue weighted by Crippen LogP contribution is -2.46. The van der Waals surface area contributed by atoms with Gasteiger partial charge in [0, 0.05) is 0 Å². The van der Waals surface area contributed by atoms with Crippen LogP contribution in [0.25, 0.3) is 10.9 Å². The van der Waals surface area contributed by atoms with Gasteiger partial charge in [-0.05, 0) is 37.5 Å². The second-order valence-corrected chi connectivity index (χ2v) is 6.38. The highest BCUT2D eigenvalue weighted by atomic mass is 32.2. The number of thioether (sulfide) groups is 1. The number of nitrogens with zero attached hydrogens (tertiary/aromatic N) is 3. The predicted octanol–water partition coefficient (Wildman–Crippen LogP) is 0.763. The molecular formula is C16H20N4O4S. The lowest BCUT2D eigenvalue weighted by atomic mass is 10.2. The summed E-state index contributed by atoms with van der Waals surface area (Å²) in [5.74, 6) is -0.334. The Bertz CT molecular complexity index is 823. The second kappa shape index (κ2) is 8.61. The second-order valence-electron chi connectivity index (χ2n) is 5.40. The predicted molar refractivity (Wildman–Crippen MR) is 95.5 cm³/mol. The van der Waals surface area contributed by atoms with Gasteiger partial charge >= 0.3 is 5.97 Å². The number of carbonyl (C=O) groups excluding carboxylic acids is 2. The van der Waals surface area contributed by atoms with Crippen LogP contribution in [0.3, 0.4) is 0 Å². The van der Waals surface area contributed by atoms with Gasteiger partial charge in [0.2, 0.25) is 5.91 Å². The molecule has 1 aromatic heterocycles.